The first-order valence-electron chi connectivity index (χ1n) is 6.13. The van der Waals surface area contributed by atoms with Crippen LogP contribution in [0.2, 0.25) is 0 Å². The molecule has 0 atom stereocenters. The van der Waals surface area contributed by atoms with Gasteiger partial charge in [0.2, 0.25) is 5.91 Å². The summed E-state index contributed by atoms with van der Waals surface area (Å²) in [6.07, 6.45) is 3.18. The molecular weight excluding hydrogens is 188 g/mol. The number of piperidine rings is 1. The van der Waals surface area contributed by atoms with E-state index in [9.17, 15) is 4.79 Å². The lowest BCUT2D eigenvalue weighted by Gasteiger charge is -2.37. The van der Waals surface area contributed by atoms with Crippen molar-refractivity contribution in [1.82, 2.24) is 10.2 Å². The fourth-order valence-electron chi connectivity index (χ4n) is 2.87. The first-order valence-corrected chi connectivity index (χ1v) is 6.13. The van der Waals surface area contributed by atoms with Gasteiger partial charge in [-0.2, -0.15) is 0 Å². The highest BCUT2D eigenvalue weighted by Gasteiger charge is 2.44. The largest absolute Gasteiger partial charge is 0.356 e. The van der Waals surface area contributed by atoms with Crippen LogP contribution in [0.1, 0.15) is 33.1 Å². The number of nitrogens with zero attached hydrogens (tertiary/aromatic N) is 1. The lowest BCUT2D eigenvalue weighted by Crippen LogP contribution is -2.44. The molecule has 2 aliphatic rings. The maximum atomic E-state index is 11.8. The summed E-state index contributed by atoms with van der Waals surface area (Å²) in [6.45, 7) is 8.79. The van der Waals surface area contributed by atoms with Gasteiger partial charge in [0, 0.05) is 13.1 Å². The number of rotatable bonds is 2. The number of likely N-dealkylation sites (tertiary alicyclic amines) is 1. The monoisotopic (exact) mass is 210 g/mol. The highest BCUT2D eigenvalue weighted by molar-refractivity contribution is 5.84. The molecule has 2 aliphatic heterocycles. The number of hydrogen-bond donors (Lipinski definition) is 1. The Morgan fingerprint density at radius 1 is 1.33 bits per heavy atom. The summed E-state index contributed by atoms with van der Waals surface area (Å²) in [5, 5.41) is 2.98. The zero-order valence-corrected chi connectivity index (χ0v) is 9.88. The van der Waals surface area contributed by atoms with E-state index in [1.54, 1.807) is 0 Å². The van der Waals surface area contributed by atoms with Crippen molar-refractivity contribution in [3.63, 3.8) is 0 Å². The van der Waals surface area contributed by atoms with E-state index in [1.165, 1.54) is 6.54 Å². The Hall–Kier alpha value is -0.570. The third-order valence-electron chi connectivity index (χ3n) is 3.81. The van der Waals surface area contributed by atoms with Crippen LogP contribution in [0.15, 0.2) is 0 Å². The van der Waals surface area contributed by atoms with Crippen LogP contribution in [-0.4, -0.2) is 37.0 Å². The lowest BCUT2D eigenvalue weighted by atomic mass is 9.77. The van der Waals surface area contributed by atoms with Gasteiger partial charge in [-0.15, -0.1) is 0 Å². The van der Waals surface area contributed by atoms with Gasteiger partial charge in [-0.1, -0.05) is 13.8 Å². The van der Waals surface area contributed by atoms with Crippen LogP contribution in [0.3, 0.4) is 0 Å². The first kappa shape index (κ1) is 10.9. The number of hydrogen-bond acceptors (Lipinski definition) is 2. The molecule has 3 nitrogen and oxygen atoms in total. The molecule has 0 saturated carbocycles. The van der Waals surface area contributed by atoms with Gasteiger partial charge in [0.25, 0.3) is 0 Å². The molecule has 15 heavy (non-hydrogen) atoms. The second kappa shape index (κ2) is 4.12. The summed E-state index contributed by atoms with van der Waals surface area (Å²) in [5.74, 6) is 1.04. The van der Waals surface area contributed by atoms with Crippen molar-refractivity contribution in [3.8, 4) is 0 Å². The summed E-state index contributed by atoms with van der Waals surface area (Å²) >= 11 is 0. The molecule has 2 saturated heterocycles. The highest BCUT2D eigenvalue weighted by Crippen LogP contribution is 2.37. The van der Waals surface area contributed by atoms with Crippen LogP contribution in [0.25, 0.3) is 0 Å². The van der Waals surface area contributed by atoms with Gasteiger partial charge in [-0.05, 0) is 38.3 Å². The molecule has 0 aromatic carbocycles. The number of carbonyl (C=O) groups excluding carboxylic acids is 1. The molecule has 0 bridgehead atoms. The van der Waals surface area contributed by atoms with Crippen LogP contribution >= 0.6 is 0 Å². The van der Waals surface area contributed by atoms with Crippen molar-refractivity contribution in [1.29, 1.82) is 0 Å². The number of nitrogens with one attached hydrogen (secondary N) is 1. The highest BCUT2D eigenvalue weighted by atomic mass is 16.2. The second-order valence-electron chi connectivity index (χ2n) is 5.48. The van der Waals surface area contributed by atoms with Crippen molar-refractivity contribution < 1.29 is 4.79 Å². The molecular formula is C12H22N2O. The SMILES string of the molecule is CC(C)CN1CCC2(CCNC2=O)CC1. The van der Waals surface area contributed by atoms with E-state index < -0.39 is 0 Å². The molecule has 3 heteroatoms. The number of carbonyl (C=O) groups is 1. The van der Waals surface area contributed by atoms with Crippen LogP contribution in [0.5, 0.6) is 0 Å². The van der Waals surface area contributed by atoms with Gasteiger partial charge < -0.3 is 10.2 Å². The Morgan fingerprint density at radius 2 is 2.00 bits per heavy atom. The minimum Gasteiger partial charge on any atom is -0.356 e. The molecule has 0 aliphatic carbocycles. The molecule has 0 unspecified atom stereocenters. The molecule has 2 rings (SSSR count). The fourth-order valence-corrected chi connectivity index (χ4v) is 2.87. The Labute approximate surface area is 92.2 Å². The summed E-state index contributed by atoms with van der Waals surface area (Å²) in [5.41, 5.74) is 0.00742. The topological polar surface area (TPSA) is 32.3 Å². The summed E-state index contributed by atoms with van der Waals surface area (Å²) < 4.78 is 0. The van der Waals surface area contributed by atoms with E-state index in [0.717, 1.165) is 44.8 Å². The molecule has 1 N–H and O–H groups in total. The van der Waals surface area contributed by atoms with E-state index in [-0.39, 0.29) is 5.41 Å². The van der Waals surface area contributed by atoms with Crippen molar-refractivity contribution >= 4 is 5.91 Å². The van der Waals surface area contributed by atoms with Gasteiger partial charge in [0.1, 0.15) is 0 Å². The zero-order chi connectivity index (χ0) is 10.9. The molecule has 86 valence electrons. The Bertz CT molecular complexity index is 242. The third-order valence-corrected chi connectivity index (χ3v) is 3.81. The predicted octanol–water partition coefficient (Wildman–Crippen LogP) is 1.24. The van der Waals surface area contributed by atoms with Gasteiger partial charge in [0.15, 0.2) is 0 Å². The smallest absolute Gasteiger partial charge is 0.226 e. The van der Waals surface area contributed by atoms with E-state index in [1.807, 2.05) is 0 Å². The fraction of sp³-hybridized carbons (Fsp3) is 0.917. The maximum absolute atomic E-state index is 11.8. The predicted molar refractivity (Wildman–Crippen MR) is 60.6 cm³/mol. The molecule has 0 aromatic rings. The second-order valence-corrected chi connectivity index (χ2v) is 5.48. The third kappa shape index (κ3) is 2.17. The summed E-state index contributed by atoms with van der Waals surface area (Å²) in [6, 6.07) is 0. The molecule has 0 radical (unpaired) electrons. The van der Waals surface area contributed by atoms with Gasteiger partial charge in [0.05, 0.1) is 5.41 Å². The zero-order valence-electron chi connectivity index (χ0n) is 9.88. The number of amides is 1. The average Bonchev–Trinajstić information content (AvgIpc) is 2.52. The summed E-state index contributed by atoms with van der Waals surface area (Å²) in [4.78, 5) is 14.3. The lowest BCUT2D eigenvalue weighted by molar-refractivity contribution is -0.130. The first-order chi connectivity index (χ1) is 7.12. The van der Waals surface area contributed by atoms with Crippen LogP contribution in [-0.2, 0) is 4.79 Å². The van der Waals surface area contributed by atoms with Crippen molar-refractivity contribution in [3.05, 3.63) is 0 Å². The minimum absolute atomic E-state index is 0.00742. The van der Waals surface area contributed by atoms with Gasteiger partial charge in [-0.25, -0.2) is 0 Å². The average molecular weight is 210 g/mol. The maximum Gasteiger partial charge on any atom is 0.226 e. The summed E-state index contributed by atoms with van der Waals surface area (Å²) in [7, 11) is 0. The molecule has 1 amide bonds. The van der Waals surface area contributed by atoms with E-state index >= 15 is 0 Å². The normalized spacial score (nSPS) is 26.2. The van der Waals surface area contributed by atoms with Crippen molar-refractivity contribution in [2.45, 2.75) is 33.1 Å². The molecule has 1 spiro atoms. The molecule has 0 aromatic heterocycles. The molecule has 2 fully saturated rings. The molecule has 2 heterocycles. The van der Waals surface area contributed by atoms with Gasteiger partial charge >= 0.3 is 0 Å². The van der Waals surface area contributed by atoms with E-state index in [0.29, 0.717) is 5.91 Å². The minimum atomic E-state index is 0.00742. The van der Waals surface area contributed by atoms with Crippen molar-refractivity contribution in [2.24, 2.45) is 11.3 Å². The van der Waals surface area contributed by atoms with Gasteiger partial charge in [-0.3, -0.25) is 4.79 Å². The standard InChI is InChI=1S/C12H22N2O/c1-10(2)9-14-7-4-12(5-8-14)3-6-13-11(12)15/h10H,3-9H2,1-2H3,(H,13,15). The van der Waals surface area contributed by atoms with E-state index in [4.69, 9.17) is 0 Å². The Morgan fingerprint density at radius 3 is 2.47 bits per heavy atom. The van der Waals surface area contributed by atoms with Crippen molar-refractivity contribution in [2.75, 3.05) is 26.2 Å². The van der Waals surface area contributed by atoms with Crippen LogP contribution in [0, 0.1) is 11.3 Å². The van der Waals surface area contributed by atoms with Crippen LogP contribution in [0.4, 0.5) is 0 Å². The van der Waals surface area contributed by atoms with E-state index in [2.05, 4.69) is 24.1 Å². The Balaban J connectivity index is 1.89. The van der Waals surface area contributed by atoms with Crippen LogP contribution < -0.4 is 5.32 Å². The Kier molecular flexibility index (Phi) is 3.01. The quantitative estimate of drug-likeness (QED) is 0.744.